The molecule has 1 amide bonds. The fraction of sp³-hybridized carbons (Fsp3) is 0.296. The van der Waals surface area contributed by atoms with E-state index in [1.807, 2.05) is 65.6 Å². The highest BCUT2D eigenvalue weighted by atomic mass is 32.2. The number of carbonyl (C=O) groups is 1. The van der Waals surface area contributed by atoms with Gasteiger partial charge < -0.3 is 10.0 Å². The van der Waals surface area contributed by atoms with Gasteiger partial charge in [0.05, 0.1) is 0 Å². The summed E-state index contributed by atoms with van der Waals surface area (Å²) in [6, 6.07) is 26.0. The van der Waals surface area contributed by atoms with E-state index in [2.05, 4.69) is 0 Å². The van der Waals surface area contributed by atoms with Crippen LogP contribution in [0.15, 0.2) is 89.8 Å². The molecular weight excluding hydrogens is 421 g/mol. The van der Waals surface area contributed by atoms with E-state index in [-0.39, 0.29) is 17.6 Å². The van der Waals surface area contributed by atoms with Crippen LogP contribution in [0, 0.1) is 11.7 Å². The van der Waals surface area contributed by atoms with Gasteiger partial charge in [0.15, 0.2) is 0 Å². The molecule has 1 heterocycles. The van der Waals surface area contributed by atoms with Crippen molar-refractivity contribution in [3.8, 4) is 0 Å². The molecule has 4 rings (SSSR count). The summed E-state index contributed by atoms with van der Waals surface area (Å²) in [5.74, 6) is 0.591. The van der Waals surface area contributed by atoms with Gasteiger partial charge in [-0.15, -0.1) is 11.8 Å². The average Bonchev–Trinajstić information content (AvgIpc) is 2.86. The van der Waals surface area contributed by atoms with Crippen LogP contribution in [0.2, 0.25) is 0 Å². The Hall–Kier alpha value is -2.63. The maximum Gasteiger partial charge on any atom is 0.223 e. The zero-order valence-corrected chi connectivity index (χ0v) is 18.8. The van der Waals surface area contributed by atoms with E-state index >= 15 is 0 Å². The van der Waals surface area contributed by atoms with Crippen LogP contribution in [0.5, 0.6) is 0 Å². The van der Waals surface area contributed by atoms with Crippen molar-refractivity contribution in [2.75, 3.05) is 18.8 Å². The number of hydrogen-bond donors (Lipinski definition) is 1. The van der Waals surface area contributed by atoms with E-state index in [9.17, 15) is 14.3 Å². The van der Waals surface area contributed by atoms with Crippen molar-refractivity contribution < 1.29 is 14.3 Å². The Morgan fingerprint density at radius 1 is 0.906 bits per heavy atom. The lowest BCUT2D eigenvalue weighted by molar-refractivity contribution is -0.133. The molecule has 3 nitrogen and oxygen atoms in total. The SMILES string of the molecule is O=C(CCSc1ccc(F)cc1)N1CCC(C(O)(c2ccccc2)c2ccccc2)CC1. The highest BCUT2D eigenvalue weighted by molar-refractivity contribution is 7.99. The van der Waals surface area contributed by atoms with E-state index < -0.39 is 5.60 Å². The Kier molecular flexibility index (Phi) is 7.28. The molecule has 0 unspecified atom stereocenters. The van der Waals surface area contributed by atoms with Gasteiger partial charge in [0.2, 0.25) is 5.91 Å². The number of carbonyl (C=O) groups excluding carboxylic acids is 1. The van der Waals surface area contributed by atoms with Crippen molar-refractivity contribution in [3.63, 3.8) is 0 Å². The highest BCUT2D eigenvalue weighted by Gasteiger charge is 2.41. The van der Waals surface area contributed by atoms with E-state index in [1.165, 1.54) is 12.1 Å². The molecule has 1 saturated heterocycles. The minimum atomic E-state index is -1.07. The van der Waals surface area contributed by atoms with Crippen LogP contribution in [0.4, 0.5) is 4.39 Å². The summed E-state index contributed by atoms with van der Waals surface area (Å²) >= 11 is 1.57. The van der Waals surface area contributed by atoms with Crippen molar-refractivity contribution in [2.45, 2.75) is 29.8 Å². The fourth-order valence-electron chi connectivity index (χ4n) is 4.51. The van der Waals surface area contributed by atoms with Gasteiger partial charge in [-0.2, -0.15) is 0 Å². The number of hydrogen-bond acceptors (Lipinski definition) is 3. The number of benzene rings is 3. The van der Waals surface area contributed by atoms with Crippen molar-refractivity contribution in [3.05, 3.63) is 102 Å². The first-order chi connectivity index (χ1) is 15.6. The number of amides is 1. The minimum Gasteiger partial charge on any atom is -0.380 e. The van der Waals surface area contributed by atoms with Crippen LogP contribution in [0.3, 0.4) is 0 Å². The Morgan fingerprint density at radius 2 is 1.44 bits per heavy atom. The summed E-state index contributed by atoms with van der Waals surface area (Å²) in [5, 5.41) is 12.0. The van der Waals surface area contributed by atoms with Gasteiger partial charge in [0.1, 0.15) is 11.4 Å². The molecule has 0 spiro atoms. The molecule has 0 radical (unpaired) electrons. The second-order valence-corrected chi connectivity index (χ2v) is 9.37. The maximum atomic E-state index is 13.0. The third kappa shape index (κ3) is 5.05. The fourth-order valence-corrected chi connectivity index (χ4v) is 5.36. The number of nitrogens with zero attached hydrogens (tertiary/aromatic N) is 1. The molecule has 0 aromatic heterocycles. The first-order valence-corrected chi connectivity index (χ1v) is 12.1. The van der Waals surface area contributed by atoms with Gasteiger partial charge >= 0.3 is 0 Å². The Balaban J connectivity index is 1.38. The first kappa shape index (κ1) is 22.6. The molecule has 0 aliphatic carbocycles. The van der Waals surface area contributed by atoms with Gasteiger partial charge in [-0.1, -0.05) is 60.7 Å². The third-order valence-corrected chi connectivity index (χ3v) is 7.28. The van der Waals surface area contributed by atoms with Crippen LogP contribution in [-0.4, -0.2) is 34.8 Å². The summed E-state index contributed by atoms with van der Waals surface area (Å²) in [4.78, 5) is 15.6. The third-order valence-electron chi connectivity index (χ3n) is 6.26. The molecule has 1 aliphatic heterocycles. The number of piperidine rings is 1. The van der Waals surface area contributed by atoms with E-state index in [4.69, 9.17) is 0 Å². The molecule has 0 saturated carbocycles. The van der Waals surface area contributed by atoms with Gasteiger partial charge in [-0.05, 0) is 54.2 Å². The Morgan fingerprint density at radius 3 is 1.97 bits per heavy atom. The standard InChI is InChI=1S/C27H28FNO2S/c28-24-11-13-25(14-12-24)32-20-17-26(30)29-18-15-23(16-19-29)27(31,21-7-3-1-4-8-21)22-9-5-2-6-10-22/h1-14,23,31H,15-20H2. The molecule has 1 fully saturated rings. The molecular formula is C27H28FNO2S. The molecule has 0 atom stereocenters. The lowest BCUT2D eigenvalue weighted by Crippen LogP contribution is -2.46. The highest BCUT2D eigenvalue weighted by Crippen LogP contribution is 2.42. The van der Waals surface area contributed by atoms with Gasteiger partial charge in [0.25, 0.3) is 0 Å². The van der Waals surface area contributed by atoms with E-state index in [0.29, 0.717) is 25.3 Å². The Bertz CT molecular complexity index is 963. The molecule has 1 N–H and O–H groups in total. The van der Waals surface area contributed by atoms with Crippen molar-refractivity contribution in [1.29, 1.82) is 0 Å². The van der Waals surface area contributed by atoms with Crippen LogP contribution >= 0.6 is 11.8 Å². The number of rotatable bonds is 7. The van der Waals surface area contributed by atoms with Gasteiger partial charge in [-0.3, -0.25) is 4.79 Å². The zero-order valence-electron chi connectivity index (χ0n) is 18.0. The average molecular weight is 450 g/mol. The number of aliphatic hydroxyl groups is 1. The van der Waals surface area contributed by atoms with Gasteiger partial charge in [0, 0.05) is 30.2 Å². The van der Waals surface area contributed by atoms with Crippen LogP contribution in [0.1, 0.15) is 30.4 Å². The second-order valence-electron chi connectivity index (χ2n) is 8.21. The van der Waals surface area contributed by atoms with Crippen molar-refractivity contribution >= 4 is 17.7 Å². The summed E-state index contributed by atoms with van der Waals surface area (Å²) in [5.41, 5.74) is 0.717. The molecule has 32 heavy (non-hydrogen) atoms. The normalized spacial score (nSPS) is 15.0. The van der Waals surface area contributed by atoms with Crippen molar-refractivity contribution in [1.82, 2.24) is 4.90 Å². The topological polar surface area (TPSA) is 40.5 Å². The maximum absolute atomic E-state index is 13.0. The minimum absolute atomic E-state index is 0.0324. The monoisotopic (exact) mass is 449 g/mol. The van der Waals surface area contributed by atoms with E-state index in [0.717, 1.165) is 28.9 Å². The predicted octanol–water partition coefficient (Wildman–Crippen LogP) is 5.48. The summed E-state index contributed by atoms with van der Waals surface area (Å²) in [6.07, 6.45) is 1.95. The zero-order chi connectivity index (χ0) is 22.4. The molecule has 3 aromatic rings. The smallest absolute Gasteiger partial charge is 0.223 e. The predicted molar refractivity (Wildman–Crippen MR) is 127 cm³/mol. The molecule has 166 valence electrons. The number of likely N-dealkylation sites (tertiary alicyclic amines) is 1. The van der Waals surface area contributed by atoms with Crippen LogP contribution in [0.25, 0.3) is 0 Å². The molecule has 0 bridgehead atoms. The lowest BCUT2D eigenvalue weighted by Gasteiger charge is -2.42. The number of thioether (sulfide) groups is 1. The van der Waals surface area contributed by atoms with Crippen LogP contribution < -0.4 is 0 Å². The largest absolute Gasteiger partial charge is 0.380 e. The summed E-state index contributed by atoms with van der Waals surface area (Å²) in [6.45, 7) is 1.29. The Labute approximate surface area is 193 Å². The molecule has 1 aliphatic rings. The van der Waals surface area contributed by atoms with Crippen molar-refractivity contribution in [2.24, 2.45) is 5.92 Å². The quantitative estimate of drug-likeness (QED) is 0.486. The number of halogens is 1. The van der Waals surface area contributed by atoms with Gasteiger partial charge in [-0.25, -0.2) is 4.39 Å². The lowest BCUT2D eigenvalue weighted by atomic mass is 9.72. The first-order valence-electron chi connectivity index (χ1n) is 11.1. The molecule has 5 heteroatoms. The van der Waals surface area contributed by atoms with Crippen LogP contribution in [-0.2, 0) is 10.4 Å². The second kappa shape index (κ2) is 10.3. The van der Waals surface area contributed by atoms with E-state index in [1.54, 1.807) is 23.9 Å². The molecule has 3 aromatic carbocycles. The summed E-state index contributed by atoms with van der Waals surface area (Å²) < 4.78 is 13.0. The summed E-state index contributed by atoms with van der Waals surface area (Å²) in [7, 11) is 0.